The van der Waals surface area contributed by atoms with E-state index >= 15 is 0 Å². The Bertz CT molecular complexity index is 1340. The number of rotatable bonds is 14. The fourth-order valence-corrected chi connectivity index (χ4v) is 5.79. The van der Waals surface area contributed by atoms with Gasteiger partial charge in [0, 0.05) is 13.1 Å². The minimum Gasteiger partial charge on any atom is -0.497 e. The number of aryl methyl sites for hydroxylation is 1. The van der Waals surface area contributed by atoms with Crippen LogP contribution in [-0.4, -0.2) is 57.9 Å². The van der Waals surface area contributed by atoms with Gasteiger partial charge in [0.15, 0.2) is 0 Å². The number of hydrogen-bond acceptors (Lipinski definition) is 5. The van der Waals surface area contributed by atoms with Gasteiger partial charge in [-0.15, -0.1) is 0 Å². The quantitative estimate of drug-likeness (QED) is 0.309. The molecule has 0 aliphatic carbocycles. The molecule has 3 rings (SSSR count). The Labute approximate surface area is 238 Å². The molecule has 0 aromatic heterocycles. The molecule has 0 unspecified atom stereocenters. The van der Waals surface area contributed by atoms with Crippen LogP contribution in [0.5, 0.6) is 5.75 Å². The molecule has 0 saturated heterocycles. The van der Waals surface area contributed by atoms with E-state index in [0.717, 1.165) is 21.9 Å². The summed E-state index contributed by atoms with van der Waals surface area (Å²) in [5.41, 5.74) is 2.26. The van der Waals surface area contributed by atoms with Gasteiger partial charge in [-0.1, -0.05) is 61.9 Å². The van der Waals surface area contributed by atoms with Crippen LogP contribution in [0.1, 0.15) is 37.8 Å². The summed E-state index contributed by atoms with van der Waals surface area (Å²) in [5, 5.41) is 2.90. The van der Waals surface area contributed by atoms with Gasteiger partial charge in [-0.2, -0.15) is 0 Å². The van der Waals surface area contributed by atoms with Crippen molar-refractivity contribution in [1.82, 2.24) is 10.2 Å². The number of ether oxygens (including phenoxy) is 1. The highest BCUT2D eigenvalue weighted by Gasteiger charge is 2.33. The summed E-state index contributed by atoms with van der Waals surface area (Å²) >= 11 is 0. The van der Waals surface area contributed by atoms with Crippen LogP contribution in [0, 0.1) is 6.92 Å². The summed E-state index contributed by atoms with van der Waals surface area (Å²) in [5.74, 6) is -0.144. The van der Waals surface area contributed by atoms with Crippen LogP contribution in [-0.2, 0) is 26.0 Å². The molecule has 0 radical (unpaired) electrons. The first-order valence-electron chi connectivity index (χ1n) is 13.6. The van der Waals surface area contributed by atoms with Crippen LogP contribution < -0.4 is 14.4 Å². The van der Waals surface area contributed by atoms with Crippen molar-refractivity contribution in [2.24, 2.45) is 0 Å². The van der Waals surface area contributed by atoms with E-state index in [4.69, 9.17) is 4.74 Å². The number of carbonyl (C=O) groups excluding carboxylic acids is 2. The number of anilines is 1. The largest absolute Gasteiger partial charge is 0.497 e. The molecule has 1 N–H and O–H groups in total. The maximum absolute atomic E-state index is 14.0. The van der Waals surface area contributed by atoms with Crippen molar-refractivity contribution in [2.75, 3.05) is 31.0 Å². The third-order valence-corrected chi connectivity index (χ3v) is 8.46. The highest BCUT2D eigenvalue weighted by molar-refractivity contribution is 7.92. The van der Waals surface area contributed by atoms with E-state index in [0.29, 0.717) is 30.8 Å². The molecule has 3 aromatic carbocycles. The van der Waals surface area contributed by atoms with Crippen molar-refractivity contribution >= 4 is 27.5 Å². The van der Waals surface area contributed by atoms with E-state index in [9.17, 15) is 18.0 Å². The monoisotopic (exact) mass is 565 g/mol. The minimum atomic E-state index is -4.11. The van der Waals surface area contributed by atoms with Crippen LogP contribution in [0.4, 0.5) is 5.69 Å². The second kappa shape index (κ2) is 14.5. The summed E-state index contributed by atoms with van der Waals surface area (Å²) in [4.78, 5) is 28.7. The molecule has 0 bridgehead atoms. The average Bonchev–Trinajstić information content (AvgIpc) is 2.97. The lowest BCUT2D eigenvalue weighted by atomic mass is 10.1. The second-order valence-electron chi connectivity index (χ2n) is 9.56. The number of nitrogens with one attached hydrogen (secondary N) is 1. The van der Waals surface area contributed by atoms with Crippen LogP contribution >= 0.6 is 0 Å². The number of carbonyl (C=O) groups is 2. The normalized spacial score (nSPS) is 11.9. The number of methoxy groups -OCH3 is 1. The first kappa shape index (κ1) is 30.7. The van der Waals surface area contributed by atoms with Gasteiger partial charge < -0.3 is 15.0 Å². The zero-order valence-corrected chi connectivity index (χ0v) is 24.5. The Morgan fingerprint density at radius 3 is 2.15 bits per heavy atom. The molecule has 8 nitrogen and oxygen atoms in total. The minimum absolute atomic E-state index is 0.0743. The third kappa shape index (κ3) is 7.85. The highest BCUT2D eigenvalue weighted by atomic mass is 32.2. The number of nitrogens with zero attached hydrogens (tertiary/aromatic N) is 2. The van der Waals surface area contributed by atoms with Crippen molar-refractivity contribution in [2.45, 2.75) is 51.0 Å². The maximum Gasteiger partial charge on any atom is 0.264 e. The van der Waals surface area contributed by atoms with Crippen LogP contribution in [0.2, 0.25) is 0 Å². The maximum atomic E-state index is 14.0. The van der Waals surface area contributed by atoms with Gasteiger partial charge in [-0.3, -0.25) is 13.9 Å². The molecule has 40 heavy (non-hydrogen) atoms. The number of hydrogen-bond donors (Lipinski definition) is 1. The number of benzene rings is 3. The fraction of sp³-hybridized carbons (Fsp3) is 0.355. The smallest absolute Gasteiger partial charge is 0.264 e. The van der Waals surface area contributed by atoms with E-state index in [1.807, 2.05) is 51.1 Å². The summed E-state index contributed by atoms with van der Waals surface area (Å²) in [6.45, 7) is 5.98. The molecule has 0 heterocycles. The van der Waals surface area contributed by atoms with E-state index in [1.54, 1.807) is 36.4 Å². The summed E-state index contributed by atoms with van der Waals surface area (Å²) < 4.78 is 34.1. The lowest BCUT2D eigenvalue weighted by molar-refractivity contribution is -0.139. The number of sulfonamides is 1. The van der Waals surface area contributed by atoms with Crippen LogP contribution in [0.25, 0.3) is 0 Å². The van der Waals surface area contributed by atoms with E-state index in [-0.39, 0.29) is 17.3 Å². The van der Waals surface area contributed by atoms with Gasteiger partial charge in [-0.25, -0.2) is 8.42 Å². The molecule has 2 amide bonds. The van der Waals surface area contributed by atoms with Gasteiger partial charge in [0.2, 0.25) is 11.8 Å². The van der Waals surface area contributed by atoms with E-state index in [1.165, 1.54) is 24.1 Å². The Morgan fingerprint density at radius 2 is 1.57 bits per heavy atom. The number of amides is 2. The van der Waals surface area contributed by atoms with Crippen molar-refractivity contribution in [3.8, 4) is 5.75 Å². The predicted octanol–water partition coefficient (Wildman–Crippen LogP) is 4.58. The highest BCUT2D eigenvalue weighted by Crippen LogP contribution is 2.26. The van der Waals surface area contributed by atoms with Crippen molar-refractivity contribution in [3.05, 3.63) is 90.0 Å². The molecule has 3 aromatic rings. The summed E-state index contributed by atoms with van der Waals surface area (Å²) in [6, 6.07) is 22.0. The van der Waals surface area contributed by atoms with Crippen molar-refractivity contribution in [1.29, 1.82) is 0 Å². The van der Waals surface area contributed by atoms with Gasteiger partial charge in [0.05, 0.1) is 17.7 Å². The molecule has 9 heteroatoms. The molecule has 0 fully saturated rings. The molecular formula is C31H39N3O5S. The average molecular weight is 566 g/mol. The van der Waals surface area contributed by atoms with E-state index in [2.05, 4.69) is 5.32 Å². The molecule has 214 valence electrons. The third-order valence-electron chi connectivity index (χ3n) is 6.67. The molecular weight excluding hydrogens is 526 g/mol. The van der Waals surface area contributed by atoms with Gasteiger partial charge in [-0.05, 0) is 68.1 Å². The molecule has 1 atom stereocenters. The molecule has 0 aliphatic rings. The van der Waals surface area contributed by atoms with Gasteiger partial charge in [0.1, 0.15) is 18.3 Å². The Hall–Kier alpha value is -3.85. The molecule has 0 aliphatic heterocycles. The van der Waals surface area contributed by atoms with Gasteiger partial charge in [0.25, 0.3) is 10.0 Å². The summed E-state index contributed by atoms with van der Waals surface area (Å²) in [7, 11) is -2.58. The summed E-state index contributed by atoms with van der Waals surface area (Å²) in [6.07, 6.45) is 1.68. The Morgan fingerprint density at radius 1 is 0.925 bits per heavy atom. The zero-order valence-electron chi connectivity index (χ0n) is 23.7. The Balaban J connectivity index is 2.00. The molecule has 0 saturated carbocycles. The topological polar surface area (TPSA) is 96.0 Å². The van der Waals surface area contributed by atoms with E-state index < -0.39 is 28.5 Å². The van der Waals surface area contributed by atoms with Crippen LogP contribution in [0.3, 0.4) is 0 Å². The lowest BCUT2D eigenvalue weighted by Gasteiger charge is -2.33. The van der Waals surface area contributed by atoms with Gasteiger partial charge >= 0.3 is 0 Å². The molecule has 0 spiro atoms. The first-order valence-corrected chi connectivity index (χ1v) is 15.0. The standard InChI is InChI=1S/C31H39N3O5S/c1-5-21-32-31(36)29(6-2)33(22-20-25-10-8-7-9-11-25)30(35)23-34(26-14-16-27(39-4)17-15-26)40(37,38)28-18-12-24(3)13-19-28/h7-19,29H,5-6,20-23H2,1-4H3,(H,32,36)/t29-/m0/s1. The van der Waals surface area contributed by atoms with Crippen molar-refractivity contribution in [3.63, 3.8) is 0 Å². The lowest BCUT2D eigenvalue weighted by Crippen LogP contribution is -2.53. The fourth-order valence-electron chi connectivity index (χ4n) is 4.38. The van der Waals surface area contributed by atoms with Crippen molar-refractivity contribution < 1.29 is 22.7 Å². The van der Waals surface area contributed by atoms with Crippen LogP contribution in [0.15, 0.2) is 83.8 Å². The first-order chi connectivity index (χ1) is 19.2. The second-order valence-corrected chi connectivity index (χ2v) is 11.4. The Kier molecular flexibility index (Phi) is 11.1. The SMILES string of the molecule is CCCNC(=O)[C@H](CC)N(CCc1ccccc1)C(=O)CN(c1ccc(OC)cc1)S(=O)(=O)c1ccc(C)cc1. The predicted molar refractivity (Wildman–Crippen MR) is 158 cm³/mol. The zero-order chi connectivity index (χ0) is 29.1.